The number of ether oxygens (including phenoxy) is 2. The SMILES string of the molecule is C=CCCC[C@@H]1O[C@@H]1CCc1cccc(OC)c1. The van der Waals surface area contributed by atoms with Gasteiger partial charge in [0.05, 0.1) is 19.3 Å². The summed E-state index contributed by atoms with van der Waals surface area (Å²) in [6, 6.07) is 8.28. The molecule has 0 N–H and O–H groups in total. The minimum atomic E-state index is 0.473. The maximum atomic E-state index is 5.68. The van der Waals surface area contributed by atoms with Crippen LogP contribution in [0, 0.1) is 0 Å². The monoisotopic (exact) mass is 246 g/mol. The molecule has 1 saturated heterocycles. The number of unbranched alkanes of at least 4 members (excludes halogenated alkanes) is 1. The standard InChI is InChI=1S/C16H22O2/c1-3-4-5-9-15-16(18-15)11-10-13-7-6-8-14(12-13)17-2/h3,6-8,12,15-16H,1,4-5,9-11H2,2H3/t15-,16+/m0/s1. The lowest BCUT2D eigenvalue weighted by Crippen LogP contribution is -1.97. The zero-order chi connectivity index (χ0) is 12.8. The highest BCUT2D eigenvalue weighted by atomic mass is 16.6. The molecule has 0 radical (unpaired) electrons. The number of methoxy groups -OCH3 is 1. The highest BCUT2D eigenvalue weighted by Gasteiger charge is 2.36. The Morgan fingerprint density at radius 3 is 2.94 bits per heavy atom. The third-order valence-electron chi connectivity index (χ3n) is 3.44. The minimum Gasteiger partial charge on any atom is -0.497 e. The molecule has 1 aromatic carbocycles. The Balaban J connectivity index is 1.68. The first-order valence-corrected chi connectivity index (χ1v) is 6.73. The van der Waals surface area contributed by atoms with E-state index in [1.807, 2.05) is 18.2 Å². The van der Waals surface area contributed by atoms with Crippen molar-refractivity contribution < 1.29 is 9.47 Å². The van der Waals surface area contributed by atoms with Gasteiger partial charge >= 0.3 is 0 Å². The molecule has 1 heterocycles. The van der Waals surface area contributed by atoms with E-state index in [1.54, 1.807) is 7.11 Å². The predicted molar refractivity (Wildman–Crippen MR) is 74.0 cm³/mol. The molecule has 18 heavy (non-hydrogen) atoms. The van der Waals surface area contributed by atoms with E-state index < -0.39 is 0 Å². The second-order valence-electron chi connectivity index (χ2n) is 4.82. The molecule has 0 saturated carbocycles. The van der Waals surface area contributed by atoms with Crippen LogP contribution >= 0.6 is 0 Å². The van der Waals surface area contributed by atoms with Crippen molar-refractivity contribution in [1.82, 2.24) is 0 Å². The topological polar surface area (TPSA) is 21.8 Å². The van der Waals surface area contributed by atoms with Crippen LogP contribution in [0.5, 0.6) is 5.75 Å². The Morgan fingerprint density at radius 1 is 1.33 bits per heavy atom. The Bertz CT molecular complexity index is 386. The number of allylic oxidation sites excluding steroid dienone is 1. The summed E-state index contributed by atoms with van der Waals surface area (Å²) in [6.45, 7) is 3.74. The number of hydrogen-bond acceptors (Lipinski definition) is 2. The Hall–Kier alpha value is -1.28. The first kappa shape index (κ1) is 13.2. The Labute approximate surface area is 110 Å². The van der Waals surface area contributed by atoms with E-state index in [9.17, 15) is 0 Å². The molecule has 0 amide bonds. The summed E-state index contributed by atoms with van der Waals surface area (Å²) in [4.78, 5) is 0. The van der Waals surface area contributed by atoms with Gasteiger partial charge < -0.3 is 9.47 Å². The smallest absolute Gasteiger partial charge is 0.119 e. The summed E-state index contributed by atoms with van der Waals surface area (Å²) in [5.41, 5.74) is 1.33. The van der Waals surface area contributed by atoms with Gasteiger partial charge in [-0.1, -0.05) is 18.2 Å². The summed E-state index contributed by atoms with van der Waals surface area (Å²) in [6.07, 6.45) is 8.61. The summed E-state index contributed by atoms with van der Waals surface area (Å²) >= 11 is 0. The number of aryl methyl sites for hydroxylation is 1. The van der Waals surface area contributed by atoms with Crippen molar-refractivity contribution in [3.8, 4) is 5.75 Å². The van der Waals surface area contributed by atoms with Gasteiger partial charge in [0.25, 0.3) is 0 Å². The van der Waals surface area contributed by atoms with Crippen LogP contribution in [0.1, 0.15) is 31.2 Å². The van der Waals surface area contributed by atoms with Gasteiger partial charge in [0.2, 0.25) is 0 Å². The van der Waals surface area contributed by atoms with Crippen LogP contribution in [0.3, 0.4) is 0 Å². The van der Waals surface area contributed by atoms with Gasteiger partial charge in [0.1, 0.15) is 5.75 Å². The van der Waals surface area contributed by atoms with Gasteiger partial charge in [-0.3, -0.25) is 0 Å². The van der Waals surface area contributed by atoms with E-state index in [-0.39, 0.29) is 0 Å². The lowest BCUT2D eigenvalue weighted by molar-refractivity contribution is 0.354. The Kier molecular flexibility index (Phi) is 4.82. The maximum Gasteiger partial charge on any atom is 0.119 e. The fraction of sp³-hybridized carbons (Fsp3) is 0.500. The molecule has 1 aromatic rings. The van der Waals surface area contributed by atoms with Gasteiger partial charge in [-0.05, 0) is 49.8 Å². The average molecular weight is 246 g/mol. The predicted octanol–water partition coefficient (Wildman–Crippen LogP) is 3.75. The van der Waals surface area contributed by atoms with E-state index in [0.29, 0.717) is 12.2 Å². The molecule has 0 unspecified atom stereocenters. The van der Waals surface area contributed by atoms with Gasteiger partial charge in [-0.25, -0.2) is 0 Å². The molecule has 2 nitrogen and oxygen atoms in total. The van der Waals surface area contributed by atoms with Gasteiger partial charge in [0, 0.05) is 0 Å². The molecule has 2 rings (SSSR count). The van der Waals surface area contributed by atoms with Crippen molar-refractivity contribution >= 4 is 0 Å². The van der Waals surface area contributed by atoms with E-state index in [1.165, 1.54) is 18.4 Å². The zero-order valence-electron chi connectivity index (χ0n) is 11.1. The fourth-order valence-corrected chi connectivity index (χ4v) is 2.29. The number of benzene rings is 1. The molecule has 1 aliphatic heterocycles. The van der Waals surface area contributed by atoms with E-state index in [2.05, 4.69) is 18.7 Å². The number of hydrogen-bond donors (Lipinski definition) is 0. The number of epoxide rings is 1. The van der Waals surface area contributed by atoms with Crippen LogP contribution in [-0.4, -0.2) is 19.3 Å². The second-order valence-corrected chi connectivity index (χ2v) is 4.82. The fourth-order valence-electron chi connectivity index (χ4n) is 2.29. The lowest BCUT2D eigenvalue weighted by atomic mass is 10.0. The first-order valence-electron chi connectivity index (χ1n) is 6.73. The average Bonchev–Trinajstić information content (AvgIpc) is 3.16. The molecule has 1 fully saturated rings. The van der Waals surface area contributed by atoms with Crippen LogP contribution in [-0.2, 0) is 11.2 Å². The molecule has 0 aromatic heterocycles. The summed E-state index contributed by atoms with van der Waals surface area (Å²) in [5, 5.41) is 0. The largest absolute Gasteiger partial charge is 0.497 e. The van der Waals surface area contributed by atoms with Crippen molar-refractivity contribution in [3.05, 3.63) is 42.5 Å². The number of rotatable bonds is 8. The van der Waals surface area contributed by atoms with Crippen molar-refractivity contribution in [3.63, 3.8) is 0 Å². The molecule has 0 bridgehead atoms. The minimum absolute atomic E-state index is 0.473. The van der Waals surface area contributed by atoms with Crippen LogP contribution in [0.4, 0.5) is 0 Å². The van der Waals surface area contributed by atoms with Crippen molar-refractivity contribution in [2.24, 2.45) is 0 Å². The third kappa shape index (κ3) is 3.88. The molecular weight excluding hydrogens is 224 g/mol. The second kappa shape index (κ2) is 6.60. The van der Waals surface area contributed by atoms with E-state index >= 15 is 0 Å². The lowest BCUT2D eigenvalue weighted by Gasteiger charge is -2.03. The van der Waals surface area contributed by atoms with Crippen LogP contribution in [0.15, 0.2) is 36.9 Å². The molecule has 2 atom stereocenters. The zero-order valence-corrected chi connectivity index (χ0v) is 11.1. The summed E-state index contributed by atoms with van der Waals surface area (Å²) in [5.74, 6) is 0.937. The molecule has 1 aliphatic rings. The molecule has 0 aliphatic carbocycles. The summed E-state index contributed by atoms with van der Waals surface area (Å²) < 4.78 is 10.9. The quantitative estimate of drug-likeness (QED) is 0.396. The molecule has 2 heteroatoms. The summed E-state index contributed by atoms with van der Waals surface area (Å²) in [7, 11) is 1.71. The first-order chi connectivity index (χ1) is 8.83. The van der Waals surface area contributed by atoms with Crippen LogP contribution in [0.25, 0.3) is 0 Å². The van der Waals surface area contributed by atoms with Crippen molar-refractivity contribution in [2.45, 2.75) is 44.3 Å². The molecular formula is C16H22O2. The van der Waals surface area contributed by atoms with E-state index in [4.69, 9.17) is 9.47 Å². The van der Waals surface area contributed by atoms with Crippen molar-refractivity contribution in [1.29, 1.82) is 0 Å². The van der Waals surface area contributed by atoms with Gasteiger partial charge in [-0.15, -0.1) is 6.58 Å². The molecule has 98 valence electrons. The van der Waals surface area contributed by atoms with Crippen LogP contribution < -0.4 is 4.74 Å². The van der Waals surface area contributed by atoms with Gasteiger partial charge in [0.15, 0.2) is 0 Å². The van der Waals surface area contributed by atoms with Gasteiger partial charge in [-0.2, -0.15) is 0 Å². The molecule has 0 spiro atoms. The third-order valence-corrected chi connectivity index (χ3v) is 3.44. The maximum absolute atomic E-state index is 5.68. The highest BCUT2D eigenvalue weighted by Crippen LogP contribution is 2.31. The van der Waals surface area contributed by atoms with Crippen molar-refractivity contribution in [2.75, 3.05) is 7.11 Å². The normalized spacial score (nSPS) is 21.6. The van der Waals surface area contributed by atoms with E-state index in [0.717, 1.165) is 25.0 Å². The van der Waals surface area contributed by atoms with Crippen LogP contribution in [0.2, 0.25) is 0 Å². The highest BCUT2D eigenvalue weighted by molar-refractivity contribution is 5.28. The Morgan fingerprint density at radius 2 is 2.17 bits per heavy atom.